The summed E-state index contributed by atoms with van der Waals surface area (Å²) >= 11 is 0. The lowest BCUT2D eigenvalue weighted by molar-refractivity contribution is -0.150. The highest BCUT2D eigenvalue weighted by Crippen LogP contribution is 2.19. The Bertz CT molecular complexity index is 439. The molecule has 0 rings (SSSR count). The number of carbonyl (C=O) groups is 2. The van der Waals surface area contributed by atoms with E-state index >= 15 is 0 Å². The summed E-state index contributed by atoms with van der Waals surface area (Å²) in [4.78, 5) is 22.9. The third kappa shape index (κ3) is 27.4. The van der Waals surface area contributed by atoms with Gasteiger partial charge < -0.3 is 9.84 Å². The van der Waals surface area contributed by atoms with Gasteiger partial charge in [-0.2, -0.15) is 0 Å². The average molecular weight is 497 g/mol. The number of carboxylic acids is 1. The number of carboxylic acid groups (broad SMARTS) is 1. The molecule has 35 heavy (non-hydrogen) atoms. The number of ether oxygens (including phenoxy) is 1. The maximum atomic E-state index is 12.3. The van der Waals surface area contributed by atoms with Crippen molar-refractivity contribution in [3.05, 3.63) is 0 Å². The number of aliphatic carboxylic acids is 1. The molecule has 0 aliphatic heterocycles. The molecule has 0 bridgehead atoms. The zero-order chi connectivity index (χ0) is 25.8. The van der Waals surface area contributed by atoms with Gasteiger partial charge in [0.05, 0.1) is 0 Å². The zero-order valence-corrected chi connectivity index (χ0v) is 23.6. The zero-order valence-electron chi connectivity index (χ0n) is 23.6. The minimum Gasteiger partial charge on any atom is -0.481 e. The van der Waals surface area contributed by atoms with E-state index in [9.17, 15) is 9.59 Å². The Morgan fingerprint density at radius 3 is 1.23 bits per heavy atom. The number of esters is 1. The standard InChI is InChI=1S/C31H60O4/c1-3-5-7-9-11-13-15-17-19-21-25-29(35-31(34)28-24-23-27-30(32)33)26-22-20-18-16-14-12-10-8-6-4-2/h29H,3-28H2,1-2H3,(H,32,33). The first-order valence-corrected chi connectivity index (χ1v) is 15.5. The molecule has 0 saturated carbocycles. The highest BCUT2D eigenvalue weighted by Gasteiger charge is 2.14. The van der Waals surface area contributed by atoms with Crippen molar-refractivity contribution >= 4 is 11.9 Å². The van der Waals surface area contributed by atoms with Crippen molar-refractivity contribution < 1.29 is 19.4 Å². The minimum atomic E-state index is -0.793. The molecule has 0 aliphatic rings. The van der Waals surface area contributed by atoms with Crippen molar-refractivity contribution in [3.8, 4) is 0 Å². The molecular formula is C31H60O4. The summed E-state index contributed by atoms with van der Waals surface area (Å²) in [5, 5.41) is 8.75. The number of rotatable bonds is 28. The molecule has 0 amide bonds. The van der Waals surface area contributed by atoms with E-state index in [1.165, 1.54) is 116 Å². The van der Waals surface area contributed by atoms with Gasteiger partial charge in [0.2, 0.25) is 0 Å². The summed E-state index contributed by atoms with van der Waals surface area (Å²) in [6.07, 6.45) is 30.0. The van der Waals surface area contributed by atoms with E-state index in [1.54, 1.807) is 0 Å². The van der Waals surface area contributed by atoms with Crippen molar-refractivity contribution in [2.75, 3.05) is 0 Å². The molecule has 4 heteroatoms. The van der Waals surface area contributed by atoms with Gasteiger partial charge in [-0.25, -0.2) is 0 Å². The van der Waals surface area contributed by atoms with E-state index in [1.807, 2.05) is 0 Å². The molecule has 0 atom stereocenters. The summed E-state index contributed by atoms with van der Waals surface area (Å²) in [6, 6.07) is 0. The van der Waals surface area contributed by atoms with Crippen LogP contribution in [0.2, 0.25) is 0 Å². The molecule has 4 nitrogen and oxygen atoms in total. The predicted octanol–water partition coefficient (Wildman–Crippen LogP) is 10.2. The Labute approximate surface area is 218 Å². The van der Waals surface area contributed by atoms with Gasteiger partial charge in [-0.3, -0.25) is 9.59 Å². The lowest BCUT2D eigenvalue weighted by atomic mass is 10.0. The Kier molecular flexibility index (Phi) is 26.7. The third-order valence-corrected chi connectivity index (χ3v) is 7.08. The molecule has 1 N–H and O–H groups in total. The van der Waals surface area contributed by atoms with Crippen LogP contribution in [0, 0.1) is 0 Å². The van der Waals surface area contributed by atoms with Crippen LogP contribution in [0.3, 0.4) is 0 Å². The highest BCUT2D eigenvalue weighted by molar-refractivity contribution is 5.70. The average Bonchev–Trinajstić information content (AvgIpc) is 2.83. The number of hydrogen-bond acceptors (Lipinski definition) is 3. The third-order valence-electron chi connectivity index (χ3n) is 7.08. The Morgan fingerprint density at radius 1 is 0.514 bits per heavy atom. The molecule has 0 aromatic carbocycles. The van der Waals surface area contributed by atoms with Gasteiger partial charge in [-0.15, -0.1) is 0 Å². The summed E-state index contributed by atoms with van der Waals surface area (Å²) in [5.74, 6) is -0.933. The monoisotopic (exact) mass is 496 g/mol. The number of hydrogen-bond donors (Lipinski definition) is 1. The Balaban J connectivity index is 4.02. The van der Waals surface area contributed by atoms with E-state index in [2.05, 4.69) is 13.8 Å². The van der Waals surface area contributed by atoms with Gasteiger partial charge in [-0.05, 0) is 38.5 Å². The molecular weight excluding hydrogens is 436 g/mol. The minimum absolute atomic E-state index is 0.0464. The van der Waals surface area contributed by atoms with Crippen LogP contribution >= 0.6 is 0 Å². The van der Waals surface area contributed by atoms with Gasteiger partial charge in [0, 0.05) is 12.8 Å². The van der Waals surface area contributed by atoms with Gasteiger partial charge in [-0.1, -0.05) is 129 Å². The van der Waals surface area contributed by atoms with Crippen molar-refractivity contribution in [1.82, 2.24) is 0 Å². The molecule has 0 saturated heterocycles. The topological polar surface area (TPSA) is 63.6 Å². The van der Waals surface area contributed by atoms with Crippen molar-refractivity contribution in [2.24, 2.45) is 0 Å². The van der Waals surface area contributed by atoms with Crippen LogP contribution in [-0.2, 0) is 14.3 Å². The maximum Gasteiger partial charge on any atom is 0.306 e. The maximum absolute atomic E-state index is 12.3. The predicted molar refractivity (Wildman–Crippen MR) is 149 cm³/mol. The summed E-state index contributed by atoms with van der Waals surface area (Å²) < 4.78 is 5.84. The fourth-order valence-corrected chi connectivity index (χ4v) is 4.77. The molecule has 0 aromatic rings. The molecule has 0 radical (unpaired) electrons. The SMILES string of the molecule is CCCCCCCCCCCCC(CCCCCCCCCCCC)OC(=O)CCCCC(=O)O. The molecule has 0 aliphatic carbocycles. The lowest BCUT2D eigenvalue weighted by Gasteiger charge is -2.18. The van der Waals surface area contributed by atoms with E-state index in [0.717, 1.165) is 25.7 Å². The van der Waals surface area contributed by atoms with Crippen molar-refractivity contribution in [2.45, 2.75) is 187 Å². The van der Waals surface area contributed by atoms with Crippen LogP contribution in [0.15, 0.2) is 0 Å². The second-order valence-electron chi connectivity index (χ2n) is 10.7. The quantitative estimate of drug-likeness (QED) is 0.0864. The van der Waals surface area contributed by atoms with E-state index in [4.69, 9.17) is 9.84 Å². The van der Waals surface area contributed by atoms with Gasteiger partial charge in [0.25, 0.3) is 0 Å². The lowest BCUT2D eigenvalue weighted by Crippen LogP contribution is -2.18. The Hall–Kier alpha value is -1.06. The fraction of sp³-hybridized carbons (Fsp3) is 0.935. The van der Waals surface area contributed by atoms with Gasteiger partial charge in [0.15, 0.2) is 0 Å². The highest BCUT2D eigenvalue weighted by atomic mass is 16.5. The van der Waals surface area contributed by atoms with Gasteiger partial charge >= 0.3 is 11.9 Å². The van der Waals surface area contributed by atoms with Crippen LogP contribution in [0.25, 0.3) is 0 Å². The van der Waals surface area contributed by atoms with E-state index in [0.29, 0.717) is 19.3 Å². The molecule has 0 heterocycles. The molecule has 0 unspecified atom stereocenters. The molecule has 208 valence electrons. The van der Waals surface area contributed by atoms with Crippen molar-refractivity contribution in [1.29, 1.82) is 0 Å². The van der Waals surface area contributed by atoms with Crippen LogP contribution in [0.5, 0.6) is 0 Å². The van der Waals surface area contributed by atoms with Crippen LogP contribution < -0.4 is 0 Å². The molecule has 0 aromatic heterocycles. The Morgan fingerprint density at radius 2 is 0.857 bits per heavy atom. The van der Waals surface area contributed by atoms with Crippen LogP contribution in [-0.4, -0.2) is 23.1 Å². The smallest absolute Gasteiger partial charge is 0.306 e. The largest absolute Gasteiger partial charge is 0.481 e. The van der Waals surface area contributed by atoms with E-state index < -0.39 is 5.97 Å². The first kappa shape index (κ1) is 33.9. The first-order valence-electron chi connectivity index (χ1n) is 15.5. The summed E-state index contributed by atoms with van der Waals surface area (Å²) in [5.41, 5.74) is 0. The first-order chi connectivity index (χ1) is 17.1. The normalized spacial score (nSPS) is 11.3. The second-order valence-corrected chi connectivity index (χ2v) is 10.7. The summed E-state index contributed by atoms with van der Waals surface area (Å²) in [7, 11) is 0. The second kappa shape index (κ2) is 27.5. The summed E-state index contributed by atoms with van der Waals surface area (Å²) in [6.45, 7) is 4.53. The van der Waals surface area contributed by atoms with Gasteiger partial charge in [0.1, 0.15) is 6.10 Å². The van der Waals surface area contributed by atoms with Crippen LogP contribution in [0.1, 0.15) is 181 Å². The fourth-order valence-electron chi connectivity index (χ4n) is 4.77. The van der Waals surface area contributed by atoms with Crippen LogP contribution in [0.4, 0.5) is 0 Å². The van der Waals surface area contributed by atoms with E-state index in [-0.39, 0.29) is 18.5 Å². The van der Waals surface area contributed by atoms with Crippen molar-refractivity contribution in [3.63, 3.8) is 0 Å². The number of unbranched alkanes of at least 4 members (excludes halogenated alkanes) is 19. The molecule has 0 fully saturated rings. The molecule has 0 spiro atoms. The number of carbonyl (C=O) groups excluding carboxylic acids is 1.